The molecule has 1 amide bonds. The molecule has 1 aromatic carbocycles. The van der Waals surface area contributed by atoms with E-state index < -0.39 is 0 Å². The number of rotatable bonds is 7. The van der Waals surface area contributed by atoms with E-state index in [9.17, 15) is 4.79 Å². The molecule has 106 valence electrons. The van der Waals surface area contributed by atoms with Crippen molar-refractivity contribution in [2.24, 2.45) is 0 Å². The van der Waals surface area contributed by atoms with E-state index in [0.717, 1.165) is 24.4 Å². The van der Waals surface area contributed by atoms with Crippen molar-refractivity contribution >= 4 is 5.91 Å². The number of carbonyl (C=O) groups excluding carboxylic acids is 1. The van der Waals surface area contributed by atoms with Gasteiger partial charge in [0, 0.05) is 13.6 Å². The summed E-state index contributed by atoms with van der Waals surface area (Å²) in [5.41, 5.74) is 1.11. The summed E-state index contributed by atoms with van der Waals surface area (Å²) in [6.07, 6.45) is 0. The molecule has 0 radical (unpaired) electrons. The first kappa shape index (κ1) is 15.5. The summed E-state index contributed by atoms with van der Waals surface area (Å²) in [7, 11) is 3.49. The largest absolute Gasteiger partial charge is 0.497 e. The zero-order valence-corrected chi connectivity index (χ0v) is 12.3. The predicted octanol–water partition coefficient (Wildman–Crippen LogP) is 2.00. The Morgan fingerprint density at radius 3 is 2.21 bits per heavy atom. The highest BCUT2D eigenvalue weighted by Gasteiger charge is 2.12. The van der Waals surface area contributed by atoms with Crippen molar-refractivity contribution in [2.45, 2.75) is 20.4 Å². The van der Waals surface area contributed by atoms with Gasteiger partial charge in [0.2, 0.25) is 5.91 Å². The average Bonchev–Trinajstić information content (AvgIpc) is 2.45. The maximum atomic E-state index is 12.1. The van der Waals surface area contributed by atoms with Gasteiger partial charge in [-0.1, -0.05) is 26.0 Å². The molecule has 0 N–H and O–H groups in total. The van der Waals surface area contributed by atoms with Gasteiger partial charge in [0.15, 0.2) is 0 Å². The van der Waals surface area contributed by atoms with Gasteiger partial charge in [-0.25, -0.2) is 0 Å². The Balaban J connectivity index is 2.53. The zero-order valence-electron chi connectivity index (χ0n) is 12.3. The van der Waals surface area contributed by atoms with E-state index in [1.165, 1.54) is 0 Å². The monoisotopic (exact) mass is 264 g/mol. The Kier molecular flexibility index (Phi) is 6.36. The Bertz CT molecular complexity index is 386. The maximum Gasteiger partial charge on any atom is 0.236 e. The van der Waals surface area contributed by atoms with Gasteiger partial charge < -0.3 is 9.64 Å². The van der Waals surface area contributed by atoms with Crippen LogP contribution in [-0.2, 0) is 11.3 Å². The number of likely N-dealkylation sites (N-methyl/N-ethyl adjacent to an activating group) is 2. The predicted molar refractivity (Wildman–Crippen MR) is 77.3 cm³/mol. The number of hydrogen-bond acceptors (Lipinski definition) is 3. The van der Waals surface area contributed by atoms with Crippen LogP contribution < -0.4 is 4.74 Å². The second-order valence-electron chi connectivity index (χ2n) is 4.56. The van der Waals surface area contributed by atoms with E-state index in [2.05, 4.69) is 18.7 Å². The molecule has 0 aliphatic rings. The van der Waals surface area contributed by atoms with Gasteiger partial charge >= 0.3 is 0 Å². The zero-order chi connectivity index (χ0) is 14.3. The molecule has 0 bridgehead atoms. The van der Waals surface area contributed by atoms with Crippen molar-refractivity contribution in [3.63, 3.8) is 0 Å². The molecule has 0 aliphatic carbocycles. The molecule has 19 heavy (non-hydrogen) atoms. The minimum Gasteiger partial charge on any atom is -0.497 e. The SMILES string of the molecule is CCN(CC)CC(=O)N(C)Cc1ccc(OC)cc1. The first-order chi connectivity index (χ1) is 9.10. The number of methoxy groups -OCH3 is 1. The lowest BCUT2D eigenvalue weighted by atomic mass is 10.2. The molecule has 0 unspecified atom stereocenters. The smallest absolute Gasteiger partial charge is 0.236 e. The average molecular weight is 264 g/mol. The van der Waals surface area contributed by atoms with E-state index in [-0.39, 0.29) is 5.91 Å². The minimum absolute atomic E-state index is 0.152. The normalized spacial score (nSPS) is 10.6. The topological polar surface area (TPSA) is 32.8 Å². The van der Waals surface area contributed by atoms with E-state index in [0.29, 0.717) is 13.1 Å². The molecule has 0 aromatic heterocycles. The summed E-state index contributed by atoms with van der Waals surface area (Å²) in [6.45, 7) is 7.06. The number of ether oxygens (including phenoxy) is 1. The maximum absolute atomic E-state index is 12.1. The van der Waals surface area contributed by atoms with Crippen LogP contribution in [0.15, 0.2) is 24.3 Å². The fraction of sp³-hybridized carbons (Fsp3) is 0.533. The van der Waals surface area contributed by atoms with Crippen LogP contribution in [0.1, 0.15) is 19.4 Å². The third-order valence-corrected chi connectivity index (χ3v) is 3.26. The third-order valence-electron chi connectivity index (χ3n) is 3.26. The summed E-state index contributed by atoms with van der Waals surface area (Å²) < 4.78 is 5.12. The van der Waals surface area contributed by atoms with Gasteiger partial charge in [0.25, 0.3) is 0 Å². The standard InChI is InChI=1S/C15H24N2O2/c1-5-17(6-2)12-15(18)16(3)11-13-7-9-14(19-4)10-8-13/h7-10H,5-6,11-12H2,1-4H3. The summed E-state index contributed by atoms with van der Waals surface area (Å²) >= 11 is 0. The first-order valence-corrected chi connectivity index (χ1v) is 6.69. The van der Waals surface area contributed by atoms with Gasteiger partial charge in [0.05, 0.1) is 13.7 Å². The molecule has 4 heteroatoms. The van der Waals surface area contributed by atoms with Crippen molar-refractivity contribution in [2.75, 3.05) is 33.8 Å². The molecular formula is C15H24N2O2. The Labute approximate surface area is 116 Å². The van der Waals surface area contributed by atoms with Crippen LogP contribution >= 0.6 is 0 Å². The van der Waals surface area contributed by atoms with Crippen LogP contribution in [0.2, 0.25) is 0 Å². The third kappa shape index (κ3) is 4.91. The Morgan fingerprint density at radius 2 is 1.74 bits per heavy atom. The Hall–Kier alpha value is -1.55. The van der Waals surface area contributed by atoms with Crippen LogP contribution in [0, 0.1) is 0 Å². The fourth-order valence-corrected chi connectivity index (χ4v) is 1.85. The molecule has 1 aromatic rings. The second-order valence-corrected chi connectivity index (χ2v) is 4.56. The lowest BCUT2D eigenvalue weighted by Crippen LogP contribution is -2.37. The first-order valence-electron chi connectivity index (χ1n) is 6.69. The molecule has 0 saturated carbocycles. The van der Waals surface area contributed by atoms with Crippen molar-refractivity contribution in [1.29, 1.82) is 0 Å². The molecule has 0 aliphatic heterocycles. The van der Waals surface area contributed by atoms with E-state index >= 15 is 0 Å². The number of amides is 1. The highest BCUT2D eigenvalue weighted by molar-refractivity contribution is 5.78. The number of benzene rings is 1. The minimum atomic E-state index is 0.152. The number of nitrogens with zero attached hydrogens (tertiary/aromatic N) is 2. The van der Waals surface area contributed by atoms with E-state index in [1.807, 2.05) is 31.3 Å². The lowest BCUT2D eigenvalue weighted by Gasteiger charge is -2.23. The van der Waals surface area contributed by atoms with Crippen LogP contribution in [0.5, 0.6) is 5.75 Å². The second kappa shape index (κ2) is 7.79. The number of hydrogen-bond donors (Lipinski definition) is 0. The van der Waals surface area contributed by atoms with Crippen molar-refractivity contribution in [1.82, 2.24) is 9.80 Å². The Morgan fingerprint density at radius 1 is 1.16 bits per heavy atom. The van der Waals surface area contributed by atoms with Gasteiger partial charge in [0.1, 0.15) is 5.75 Å². The summed E-state index contributed by atoms with van der Waals surface area (Å²) in [5.74, 6) is 0.986. The van der Waals surface area contributed by atoms with Crippen LogP contribution in [0.3, 0.4) is 0 Å². The molecule has 0 spiro atoms. The van der Waals surface area contributed by atoms with Gasteiger partial charge in [-0.05, 0) is 30.8 Å². The molecule has 0 atom stereocenters. The van der Waals surface area contributed by atoms with Gasteiger partial charge in [-0.3, -0.25) is 9.69 Å². The quantitative estimate of drug-likeness (QED) is 0.755. The fourth-order valence-electron chi connectivity index (χ4n) is 1.85. The highest BCUT2D eigenvalue weighted by Crippen LogP contribution is 2.12. The molecule has 4 nitrogen and oxygen atoms in total. The summed E-state index contributed by atoms with van der Waals surface area (Å²) in [6, 6.07) is 7.80. The van der Waals surface area contributed by atoms with Crippen LogP contribution in [0.4, 0.5) is 0 Å². The van der Waals surface area contributed by atoms with Crippen molar-refractivity contribution in [3.05, 3.63) is 29.8 Å². The molecule has 1 rings (SSSR count). The van der Waals surface area contributed by atoms with E-state index in [4.69, 9.17) is 4.74 Å². The van der Waals surface area contributed by atoms with Gasteiger partial charge in [-0.2, -0.15) is 0 Å². The molecule has 0 heterocycles. The molecular weight excluding hydrogens is 240 g/mol. The van der Waals surface area contributed by atoms with Gasteiger partial charge in [-0.15, -0.1) is 0 Å². The highest BCUT2D eigenvalue weighted by atomic mass is 16.5. The van der Waals surface area contributed by atoms with Crippen LogP contribution in [0.25, 0.3) is 0 Å². The van der Waals surface area contributed by atoms with Crippen molar-refractivity contribution in [3.8, 4) is 5.75 Å². The summed E-state index contributed by atoms with van der Waals surface area (Å²) in [5, 5.41) is 0. The number of carbonyl (C=O) groups is 1. The van der Waals surface area contributed by atoms with Crippen LogP contribution in [-0.4, -0.2) is 49.5 Å². The lowest BCUT2D eigenvalue weighted by molar-refractivity contribution is -0.131. The molecule has 0 saturated heterocycles. The summed E-state index contributed by atoms with van der Waals surface area (Å²) in [4.78, 5) is 15.9. The van der Waals surface area contributed by atoms with E-state index in [1.54, 1.807) is 12.0 Å². The molecule has 0 fully saturated rings. The van der Waals surface area contributed by atoms with Crippen molar-refractivity contribution < 1.29 is 9.53 Å².